The number of thiazole rings is 1. The highest BCUT2D eigenvalue weighted by Gasteiger charge is 2.12. The lowest BCUT2D eigenvalue weighted by Gasteiger charge is -2.18. The zero-order valence-electron chi connectivity index (χ0n) is 9.95. The molecule has 0 aromatic carbocycles. The van der Waals surface area contributed by atoms with Crippen molar-refractivity contribution in [1.29, 1.82) is 0 Å². The van der Waals surface area contributed by atoms with E-state index < -0.39 is 0 Å². The van der Waals surface area contributed by atoms with Crippen molar-refractivity contribution in [3.05, 3.63) is 16.1 Å². The Bertz CT molecular complexity index is 296. The van der Waals surface area contributed by atoms with E-state index in [-0.39, 0.29) is 6.04 Å². The van der Waals surface area contributed by atoms with E-state index in [0.29, 0.717) is 12.0 Å². The lowest BCUT2D eigenvalue weighted by molar-refractivity contribution is 0.419. The van der Waals surface area contributed by atoms with E-state index in [9.17, 15) is 0 Å². The van der Waals surface area contributed by atoms with Gasteiger partial charge in [0.1, 0.15) is 5.01 Å². The van der Waals surface area contributed by atoms with E-state index in [2.05, 4.69) is 29.5 Å². The highest BCUT2D eigenvalue weighted by Crippen LogP contribution is 2.17. The van der Waals surface area contributed by atoms with Gasteiger partial charge >= 0.3 is 0 Å². The van der Waals surface area contributed by atoms with Crippen LogP contribution >= 0.6 is 11.3 Å². The summed E-state index contributed by atoms with van der Waals surface area (Å²) < 4.78 is 0. The summed E-state index contributed by atoms with van der Waals surface area (Å²) in [5.41, 5.74) is 6.91. The SMILES string of the molecule is Cc1csc(C(C)NCC(C)C(C)N)n1. The molecule has 3 atom stereocenters. The van der Waals surface area contributed by atoms with Gasteiger partial charge in [-0.1, -0.05) is 6.92 Å². The van der Waals surface area contributed by atoms with Crippen molar-refractivity contribution >= 4 is 11.3 Å². The largest absolute Gasteiger partial charge is 0.328 e. The monoisotopic (exact) mass is 227 g/mol. The molecule has 0 saturated carbocycles. The van der Waals surface area contributed by atoms with Gasteiger partial charge in [-0.05, 0) is 33.2 Å². The van der Waals surface area contributed by atoms with Crippen molar-refractivity contribution in [2.24, 2.45) is 11.7 Å². The number of aromatic nitrogens is 1. The summed E-state index contributed by atoms with van der Waals surface area (Å²) >= 11 is 1.71. The van der Waals surface area contributed by atoms with Crippen LogP contribution in [0.5, 0.6) is 0 Å². The number of aryl methyl sites for hydroxylation is 1. The van der Waals surface area contributed by atoms with Gasteiger partial charge < -0.3 is 11.1 Å². The fourth-order valence-corrected chi connectivity index (χ4v) is 2.04. The first-order chi connectivity index (χ1) is 7.00. The molecule has 1 aromatic rings. The number of nitrogens with zero attached hydrogens (tertiary/aromatic N) is 1. The average Bonchev–Trinajstić information content (AvgIpc) is 2.60. The molecule has 0 aliphatic carbocycles. The summed E-state index contributed by atoms with van der Waals surface area (Å²) in [5.74, 6) is 0.494. The molecule has 4 heteroatoms. The maximum Gasteiger partial charge on any atom is 0.110 e. The molecule has 0 radical (unpaired) electrons. The Morgan fingerprint density at radius 3 is 2.60 bits per heavy atom. The first-order valence-electron chi connectivity index (χ1n) is 5.41. The van der Waals surface area contributed by atoms with Crippen LogP contribution in [0, 0.1) is 12.8 Å². The fourth-order valence-electron chi connectivity index (χ4n) is 1.21. The first-order valence-corrected chi connectivity index (χ1v) is 6.29. The zero-order chi connectivity index (χ0) is 11.4. The van der Waals surface area contributed by atoms with E-state index in [0.717, 1.165) is 17.2 Å². The Labute approximate surface area is 96.1 Å². The Morgan fingerprint density at radius 1 is 1.47 bits per heavy atom. The standard InChI is InChI=1S/C11H21N3S/c1-7(9(3)12)5-13-10(4)11-14-8(2)6-15-11/h6-7,9-10,13H,5,12H2,1-4H3. The quantitative estimate of drug-likeness (QED) is 0.810. The molecule has 3 N–H and O–H groups in total. The van der Waals surface area contributed by atoms with Crippen molar-refractivity contribution in [2.75, 3.05) is 6.54 Å². The van der Waals surface area contributed by atoms with Gasteiger partial charge in [-0.25, -0.2) is 4.98 Å². The molecule has 3 unspecified atom stereocenters. The number of hydrogen-bond acceptors (Lipinski definition) is 4. The predicted molar refractivity (Wildman–Crippen MR) is 66.1 cm³/mol. The predicted octanol–water partition coefficient (Wildman–Crippen LogP) is 2.09. The van der Waals surface area contributed by atoms with Crippen LogP contribution in [0.25, 0.3) is 0 Å². The van der Waals surface area contributed by atoms with Crippen molar-refractivity contribution in [3.8, 4) is 0 Å². The van der Waals surface area contributed by atoms with E-state index in [4.69, 9.17) is 5.73 Å². The minimum absolute atomic E-state index is 0.239. The third-order valence-electron chi connectivity index (χ3n) is 2.65. The minimum Gasteiger partial charge on any atom is -0.328 e. The first kappa shape index (κ1) is 12.6. The average molecular weight is 227 g/mol. The van der Waals surface area contributed by atoms with Gasteiger partial charge in [-0.3, -0.25) is 0 Å². The molecule has 15 heavy (non-hydrogen) atoms. The maximum absolute atomic E-state index is 5.81. The molecule has 0 amide bonds. The minimum atomic E-state index is 0.239. The van der Waals surface area contributed by atoms with Crippen LogP contribution in [0.15, 0.2) is 5.38 Å². The molecule has 1 heterocycles. The summed E-state index contributed by atoms with van der Waals surface area (Å²) in [6, 6.07) is 0.563. The van der Waals surface area contributed by atoms with E-state index in [1.165, 1.54) is 0 Å². The van der Waals surface area contributed by atoms with Crippen LogP contribution in [0.4, 0.5) is 0 Å². The highest BCUT2D eigenvalue weighted by atomic mass is 32.1. The molecule has 3 nitrogen and oxygen atoms in total. The number of rotatable bonds is 5. The third kappa shape index (κ3) is 3.89. The molecule has 0 aliphatic rings. The molecule has 0 fully saturated rings. The molecular weight excluding hydrogens is 206 g/mol. The summed E-state index contributed by atoms with van der Waals surface area (Å²) in [6.07, 6.45) is 0. The van der Waals surface area contributed by atoms with Crippen molar-refractivity contribution in [1.82, 2.24) is 10.3 Å². The second kappa shape index (κ2) is 5.58. The van der Waals surface area contributed by atoms with Crippen LogP contribution in [0.3, 0.4) is 0 Å². The Kier molecular flexibility index (Phi) is 4.70. The highest BCUT2D eigenvalue weighted by molar-refractivity contribution is 7.09. The van der Waals surface area contributed by atoms with Gasteiger partial charge in [-0.2, -0.15) is 0 Å². The van der Waals surface area contributed by atoms with Gasteiger partial charge in [0.05, 0.1) is 6.04 Å². The second-order valence-corrected chi connectivity index (χ2v) is 5.18. The Balaban J connectivity index is 2.39. The topological polar surface area (TPSA) is 50.9 Å². The van der Waals surface area contributed by atoms with Crippen LogP contribution in [0.2, 0.25) is 0 Å². The fraction of sp³-hybridized carbons (Fsp3) is 0.727. The van der Waals surface area contributed by atoms with Crippen LogP contribution in [-0.4, -0.2) is 17.6 Å². The molecule has 1 aromatic heterocycles. The lowest BCUT2D eigenvalue weighted by atomic mass is 10.0. The summed E-state index contributed by atoms with van der Waals surface area (Å²) in [6.45, 7) is 9.32. The Hall–Kier alpha value is -0.450. The van der Waals surface area contributed by atoms with Crippen molar-refractivity contribution in [3.63, 3.8) is 0 Å². The molecule has 0 aliphatic heterocycles. The zero-order valence-corrected chi connectivity index (χ0v) is 10.8. The van der Waals surface area contributed by atoms with Gasteiger partial charge in [0.15, 0.2) is 0 Å². The number of nitrogens with one attached hydrogen (secondary N) is 1. The molecule has 86 valence electrons. The van der Waals surface area contributed by atoms with Gasteiger partial charge in [0.25, 0.3) is 0 Å². The van der Waals surface area contributed by atoms with E-state index in [1.807, 2.05) is 13.8 Å². The van der Waals surface area contributed by atoms with E-state index in [1.54, 1.807) is 11.3 Å². The van der Waals surface area contributed by atoms with Crippen molar-refractivity contribution < 1.29 is 0 Å². The van der Waals surface area contributed by atoms with Crippen LogP contribution < -0.4 is 11.1 Å². The van der Waals surface area contributed by atoms with Gasteiger partial charge in [0, 0.05) is 17.1 Å². The molecule has 0 spiro atoms. The normalized spacial score (nSPS) is 17.4. The number of hydrogen-bond donors (Lipinski definition) is 2. The number of nitrogens with two attached hydrogens (primary N) is 1. The molecular formula is C11H21N3S. The van der Waals surface area contributed by atoms with Crippen LogP contribution in [-0.2, 0) is 0 Å². The lowest BCUT2D eigenvalue weighted by Crippen LogP contribution is -2.34. The Morgan fingerprint density at radius 2 is 2.13 bits per heavy atom. The summed E-state index contributed by atoms with van der Waals surface area (Å²) in [5, 5.41) is 6.70. The summed E-state index contributed by atoms with van der Waals surface area (Å²) in [4.78, 5) is 4.46. The van der Waals surface area contributed by atoms with Gasteiger partial charge in [0.2, 0.25) is 0 Å². The summed E-state index contributed by atoms with van der Waals surface area (Å²) in [7, 11) is 0. The molecule has 1 rings (SSSR count). The van der Waals surface area contributed by atoms with Gasteiger partial charge in [-0.15, -0.1) is 11.3 Å². The second-order valence-electron chi connectivity index (χ2n) is 4.29. The maximum atomic E-state index is 5.81. The van der Waals surface area contributed by atoms with E-state index >= 15 is 0 Å². The molecule has 0 bridgehead atoms. The molecule has 0 saturated heterocycles. The van der Waals surface area contributed by atoms with Crippen molar-refractivity contribution in [2.45, 2.75) is 39.8 Å². The smallest absolute Gasteiger partial charge is 0.110 e. The van der Waals surface area contributed by atoms with Crippen LogP contribution in [0.1, 0.15) is 37.5 Å². The third-order valence-corrected chi connectivity index (χ3v) is 3.80.